The van der Waals surface area contributed by atoms with E-state index in [-0.39, 0.29) is 44.0 Å². The van der Waals surface area contributed by atoms with Crippen LogP contribution in [-0.4, -0.2) is 26.9 Å². The first-order chi connectivity index (χ1) is 15.6. The van der Waals surface area contributed by atoms with Crippen molar-refractivity contribution in [2.45, 2.75) is 18.7 Å². The van der Waals surface area contributed by atoms with Crippen LogP contribution in [0.25, 0.3) is 0 Å². The number of nitrogens with one attached hydrogen (secondary N) is 2. The molecule has 2 N–H and O–H groups in total. The molecule has 0 atom stereocenters. The van der Waals surface area contributed by atoms with Gasteiger partial charge in [0.25, 0.3) is 15.9 Å². The van der Waals surface area contributed by atoms with Crippen LogP contribution in [0.5, 0.6) is 0 Å². The number of benzene rings is 3. The second-order valence-electron chi connectivity index (χ2n) is 6.98. The number of sulfonamides is 1. The molecule has 172 valence electrons. The summed E-state index contributed by atoms with van der Waals surface area (Å²) in [5.74, 6) is -1.14. The minimum atomic E-state index is -3.86. The zero-order valence-electron chi connectivity index (χ0n) is 17.7. The third-order valence-electron chi connectivity index (χ3n) is 4.52. The van der Waals surface area contributed by atoms with Gasteiger partial charge in [0.05, 0.1) is 38.4 Å². The van der Waals surface area contributed by atoms with Gasteiger partial charge in [-0.05, 0) is 62.4 Å². The Balaban J connectivity index is 1.81. The first kappa shape index (κ1) is 24.6. The van der Waals surface area contributed by atoms with Crippen LogP contribution in [0.15, 0.2) is 65.6 Å². The van der Waals surface area contributed by atoms with Gasteiger partial charge in [-0.15, -0.1) is 0 Å². The lowest BCUT2D eigenvalue weighted by Crippen LogP contribution is -2.16. The topological polar surface area (TPSA) is 102 Å². The van der Waals surface area contributed by atoms with Gasteiger partial charge in [0.15, 0.2) is 0 Å². The number of aryl methyl sites for hydroxylation is 1. The van der Waals surface area contributed by atoms with Crippen molar-refractivity contribution in [2.75, 3.05) is 16.6 Å². The number of esters is 1. The Morgan fingerprint density at radius 1 is 0.939 bits per heavy atom. The van der Waals surface area contributed by atoms with Crippen LogP contribution in [0.1, 0.15) is 33.2 Å². The summed E-state index contributed by atoms with van der Waals surface area (Å²) in [6.07, 6.45) is 0. The molecule has 7 nitrogen and oxygen atoms in total. The SMILES string of the molecule is CCOC(=O)c1ccc(NC(=O)c2cc(NS(=O)(=O)c3ccc(C)cc3)ccc2Cl)c(Cl)c1. The summed E-state index contributed by atoms with van der Waals surface area (Å²) in [7, 11) is -3.86. The number of halogens is 2. The van der Waals surface area contributed by atoms with Crippen LogP contribution < -0.4 is 10.0 Å². The lowest BCUT2D eigenvalue weighted by atomic mass is 10.1. The zero-order valence-corrected chi connectivity index (χ0v) is 20.0. The molecule has 0 saturated carbocycles. The van der Waals surface area contributed by atoms with Gasteiger partial charge in [-0.2, -0.15) is 0 Å². The predicted octanol–water partition coefficient (Wildman–Crippen LogP) is 5.53. The molecule has 0 bridgehead atoms. The molecule has 3 aromatic carbocycles. The second-order valence-corrected chi connectivity index (χ2v) is 9.48. The minimum Gasteiger partial charge on any atom is -0.462 e. The molecule has 0 unspecified atom stereocenters. The molecule has 0 aromatic heterocycles. The van der Waals surface area contributed by atoms with E-state index >= 15 is 0 Å². The molecule has 0 radical (unpaired) electrons. The lowest BCUT2D eigenvalue weighted by Gasteiger charge is -2.12. The van der Waals surface area contributed by atoms with Crippen molar-refractivity contribution >= 4 is 56.5 Å². The van der Waals surface area contributed by atoms with Gasteiger partial charge in [0, 0.05) is 5.69 Å². The van der Waals surface area contributed by atoms with E-state index in [4.69, 9.17) is 27.9 Å². The van der Waals surface area contributed by atoms with E-state index < -0.39 is 21.9 Å². The number of rotatable bonds is 7. The molecule has 0 aliphatic carbocycles. The second kappa shape index (κ2) is 10.2. The van der Waals surface area contributed by atoms with Crippen molar-refractivity contribution in [2.24, 2.45) is 0 Å². The fourth-order valence-corrected chi connectivity index (χ4v) is 4.32. The van der Waals surface area contributed by atoms with Gasteiger partial charge in [0.2, 0.25) is 0 Å². The van der Waals surface area contributed by atoms with Gasteiger partial charge >= 0.3 is 5.97 Å². The number of anilines is 2. The van der Waals surface area contributed by atoms with Gasteiger partial charge in [0.1, 0.15) is 0 Å². The highest BCUT2D eigenvalue weighted by Crippen LogP contribution is 2.27. The zero-order chi connectivity index (χ0) is 24.2. The third-order valence-corrected chi connectivity index (χ3v) is 6.56. The molecule has 33 heavy (non-hydrogen) atoms. The molecule has 10 heteroatoms. The Kier molecular flexibility index (Phi) is 7.63. The Morgan fingerprint density at radius 2 is 1.64 bits per heavy atom. The van der Waals surface area contributed by atoms with Crippen LogP contribution in [0.2, 0.25) is 10.0 Å². The van der Waals surface area contributed by atoms with Crippen LogP contribution in [0.3, 0.4) is 0 Å². The first-order valence-electron chi connectivity index (χ1n) is 9.78. The largest absolute Gasteiger partial charge is 0.462 e. The molecule has 0 fully saturated rings. The van der Waals surface area contributed by atoms with Crippen molar-refractivity contribution in [1.82, 2.24) is 0 Å². The van der Waals surface area contributed by atoms with Crippen molar-refractivity contribution in [3.05, 3.63) is 87.4 Å². The fourth-order valence-electron chi connectivity index (χ4n) is 2.84. The molecule has 0 saturated heterocycles. The summed E-state index contributed by atoms with van der Waals surface area (Å²) in [5.41, 5.74) is 1.61. The molecule has 0 aliphatic heterocycles. The average molecular weight is 507 g/mol. The summed E-state index contributed by atoms with van der Waals surface area (Å²) in [6, 6.07) is 14.8. The van der Waals surface area contributed by atoms with Gasteiger partial charge in [-0.3, -0.25) is 9.52 Å². The quantitative estimate of drug-likeness (QED) is 0.410. The number of hydrogen-bond donors (Lipinski definition) is 2. The number of ether oxygens (including phenoxy) is 1. The average Bonchev–Trinajstić information content (AvgIpc) is 2.76. The molecular weight excluding hydrogens is 487 g/mol. The van der Waals surface area contributed by atoms with Crippen molar-refractivity contribution < 1.29 is 22.7 Å². The smallest absolute Gasteiger partial charge is 0.338 e. The molecule has 0 aliphatic rings. The maximum absolute atomic E-state index is 12.8. The molecule has 0 spiro atoms. The number of carbonyl (C=O) groups is 2. The van der Waals surface area contributed by atoms with Crippen molar-refractivity contribution in [3.63, 3.8) is 0 Å². The highest BCUT2D eigenvalue weighted by molar-refractivity contribution is 7.92. The number of amides is 1. The van der Waals surface area contributed by atoms with Crippen LogP contribution in [-0.2, 0) is 14.8 Å². The van der Waals surface area contributed by atoms with E-state index in [1.165, 1.54) is 48.5 Å². The van der Waals surface area contributed by atoms with E-state index in [0.29, 0.717) is 0 Å². The summed E-state index contributed by atoms with van der Waals surface area (Å²) in [5, 5.41) is 2.85. The van der Waals surface area contributed by atoms with E-state index in [1.807, 2.05) is 6.92 Å². The van der Waals surface area contributed by atoms with Gasteiger partial charge in [-0.1, -0.05) is 40.9 Å². The van der Waals surface area contributed by atoms with E-state index in [1.54, 1.807) is 19.1 Å². The van der Waals surface area contributed by atoms with E-state index in [0.717, 1.165) is 5.56 Å². The van der Waals surface area contributed by atoms with Crippen LogP contribution in [0, 0.1) is 6.92 Å². The number of carbonyl (C=O) groups excluding carboxylic acids is 2. The normalized spacial score (nSPS) is 11.0. The maximum Gasteiger partial charge on any atom is 0.338 e. The lowest BCUT2D eigenvalue weighted by molar-refractivity contribution is 0.0526. The predicted molar refractivity (Wildman–Crippen MR) is 129 cm³/mol. The highest BCUT2D eigenvalue weighted by atomic mass is 35.5. The first-order valence-corrected chi connectivity index (χ1v) is 12.0. The summed E-state index contributed by atoms with van der Waals surface area (Å²) in [4.78, 5) is 24.7. The highest BCUT2D eigenvalue weighted by Gasteiger charge is 2.18. The standard InChI is InChI=1S/C23H20Cl2N2O5S/c1-3-32-23(29)15-6-11-21(20(25)12-15)26-22(28)18-13-16(7-10-19(18)24)27-33(30,31)17-8-4-14(2)5-9-17/h4-13,27H,3H2,1-2H3,(H,26,28). The fraction of sp³-hybridized carbons (Fsp3) is 0.130. The Morgan fingerprint density at radius 3 is 2.27 bits per heavy atom. The van der Waals surface area contributed by atoms with Crippen LogP contribution >= 0.6 is 23.2 Å². The van der Waals surface area contributed by atoms with E-state index in [2.05, 4.69) is 10.0 Å². The minimum absolute atomic E-state index is 0.0336. The molecule has 3 rings (SSSR count). The molecule has 0 heterocycles. The van der Waals surface area contributed by atoms with Crippen molar-refractivity contribution in [3.8, 4) is 0 Å². The van der Waals surface area contributed by atoms with E-state index in [9.17, 15) is 18.0 Å². The Hall–Kier alpha value is -3.07. The Labute approximate surface area is 201 Å². The summed E-state index contributed by atoms with van der Waals surface area (Å²) >= 11 is 12.4. The van der Waals surface area contributed by atoms with Crippen LogP contribution in [0.4, 0.5) is 11.4 Å². The Bertz CT molecular complexity index is 1310. The molecule has 3 aromatic rings. The third kappa shape index (κ3) is 6.04. The monoisotopic (exact) mass is 506 g/mol. The summed E-state index contributed by atoms with van der Waals surface area (Å²) in [6.45, 7) is 3.76. The molecule has 1 amide bonds. The summed E-state index contributed by atoms with van der Waals surface area (Å²) < 4.78 is 32.7. The number of hydrogen-bond acceptors (Lipinski definition) is 5. The molecular formula is C23H20Cl2N2O5S. The van der Waals surface area contributed by atoms with Gasteiger partial charge in [-0.25, -0.2) is 13.2 Å². The maximum atomic E-state index is 12.8. The van der Waals surface area contributed by atoms with Gasteiger partial charge < -0.3 is 10.1 Å². The van der Waals surface area contributed by atoms with Crippen molar-refractivity contribution in [1.29, 1.82) is 0 Å².